The van der Waals surface area contributed by atoms with Gasteiger partial charge in [0.25, 0.3) is 0 Å². The van der Waals surface area contributed by atoms with E-state index in [4.69, 9.17) is 5.11 Å². The Balaban J connectivity index is 0. The quantitative estimate of drug-likeness (QED) is 0.499. The first-order valence-corrected chi connectivity index (χ1v) is 2.46. The van der Waals surface area contributed by atoms with Gasteiger partial charge in [0.05, 0.1) is 0 Å². The molecule has 3 heteroatoms. The van der Waals surface area contributed by atoms with Crippen molar-refractivity contribution in [1.82, 2.24) is 0 Å². The fourth-order valence-electron chi connectivity index (χ4n) is 0.494. The second kappa shape index (κ2) is 5.94. The van der Waals surface area contributed by atoms with Crippen LogP contribution in [0.3, 0.4) is 0 Å². The van der Waals surface area contributed by atoms with Gasteiger partial charge in [0.15, 0.2) is 0 Å². The fourth-order valence-corrected chi connectivity index (χ4v) is 0.494. The number of hydrogen-bond donors (Lipinski definition) is 1. The minimum absolute atomic E-state index is 0. The minimum Gasteiger partial charge on any atom is -0.566 e. The molecule has 0 saturated carbocycles. The van der Waals surface area contributed by atoms with Crippen LogP contribution in [-0.4, -0.2) is 13.5 Å². The number of phenols is 1. The smallest absolute Gasteiger partial charge is 0.00323 e. The number of benzene rings is 1. The SMILES string of the molecule is Cc1[c-]cc(O)cc1.[B].[Y]. The standard InChI is InChI=1S/C7H7O.B.Y/c1-6-2-4-7(8)5-3-6;;/h2,4-5,8H,1H3;;/q-1;;. The van der Waals surface area contributed by atoms with Crippen LogP contribution in [0, 0.1) is 13.0 Å². The summed E-state index contributed by atoms with van der Waals surface area (Å²) in [6.45, 7) is 1.93. The van der Waals surface area contributed by atoms with Gasteiger partial charge in [-0.3, -0.25) is 0 Å². The van der Waals surface area contributed by atoms with E-state index in [-0.39, 0.29) is 46.9 Å². The van der Waals surface area contributed by atoms with Crippen LogP contribution in [0.25, 0.3) is 0 Å². The van der Waals surface area contributed by atoms with Crippen molar-refractivity contribution in [1.29, 1.82) is 0 Å². The Bertz CT molecular complexity index is 152. The minimum atomic E-state index is 0. The zero-order valence-corrected chi connectivity index (χ0v) is 8.67. The average molecular weight is 207 g/mol. The molecular formula is C7H7BOY-. The third-order valence-corrected chi connectivity index (χ3v) is 0.952. The molecule has 0 fully saturated rings. The van der Waals surface area contributed by atoms with E-state index >= 15 is 0 Å². The molecule has 0 saturated heterocycles. The van der Waals surface area contributed by atoms with Crippen molar-refractivity contribution in [3.63, 3.8) is 0 Å². The van der Waals surface area contributed by atoms with Crippen molar-refractivity contribution >= 4 is 8.41 Å². The van der Waals surface area contributed by atoms with Crippen molar-refractivity contribution in [3.05, 3.63) is 29.8 Å². The zero-order valence-electron chi connectivity index (χ0n) is 5.83. The first-order chi connectivity index (χ1) is 3.79. The number of rotatable bonds is 0. The Labute approximate surface area is 88.3 Å². The summed E-state index contributed by atoms with van der Waals surface area (Å²) in [6, 6.07) is 7.86. The molecule has 0 aromatic heterocycles. The molecule has 48 valence electrons. The van der Waals surface area contributed by atoms with Gasteiger partial charge in [0, 0.05) is 46.9 Å². The fraction of sp³-hybridized carbons (Fsp3) is 0.143. The molecule has 0 amide bonds. The Morgan fingerprint density at radius 3 is 2.30 bits per heavy atom. The van der Waals surface area contributed by atoms with Crippen LogP contribution in [0.2, 0.25) is 0 Å². The maximum Gasteiger partial charge on any atom is 0.00323 e. The summed E-state index contributed by atoms with van der Waals surface area (Å²) in [5.74, 6) is 0.274. The van der Waals surface area contributed by atoms with Gasteiger partial charge in [0.2, 0.25) is 0 Å². The topological polar surface area (TPSA) is 20.2 Å². The third kappa shape index (κ3) is 4.08. The second-order valence-electron chi connectivity index (χ2n) is 1.73. The molecule has 0 unspecified atom stereocenters. The van der Waals surface area contributed by atoms with Crippen molar-refractivity contribution < 1.29 is 37.8 Å². The molecule has 0 spiro atoms. The van der Waals surface area contributed by atoms with E-state index in [0.717, 1.165) is 5.56 Å². The largest absolute Gasteiger partial charge is 0.566 e. The van der Waals surface area contributed by atoms with Gasteiger partial charge in [-0.05, 0) is 0 Å². The maximum atomic E-state index is 8.73. The van der Waals surface area contributed by atoms with Crippen molar-refractivity contribution in [2.45, 2.75) is 6.92 Å². The summed E-state index contributed by atoms with van der Waals surface area (Å²) in [5, 5.41) is 8.73. The number of phenolic OH excluding ortho intramolecular Hbond substituents is 1. The third-order valence-electron chi connectivity index (χ3n) is 0.952. The normalized spacial score (nSPS) is 7.30. The molecule has 1 N–H and O–H groups in total. The molecule has 0 aliphatic rings. The van der Waals surface area contributed by atoms with Gasteiger partial charge >= 0.3 is 0 Å². The molecule has 0 atom stereocenters. The summed E-state index contributed by atoms with van der Waals surface area (Å²) in [5.41, 5.74) is 1.04. The van der Waals surface area contributed by atoms with Crippen LogP contribution < -0.4 is 0 Å². The Morgan fingerprint density at radius 1 is 1.40 bits per heavy atom. The molecule has 1 nitrogen and oxygen atoms in total. The van der Waals surface area contributed by atoms with E-state index in [1.54, 1.807) is 12.1 Å². The predicted molar refractivity (Wildman–Crippen MR) is 37.4 cm³/mol. The first kappa shape index (κ1) is 12.8. The molecule has 0 aliphatic heterocycles. The van der Waals surface area contributed by atoms with Crippen LogP contribution in [0.4, 0.5) is 0 Å². The molecule has 0 aliphatic carbocycles. The molecule has 1 aromatic carbocycles. The maximum absolute atomic E-state index is 8.73. The van der Waals surface area contributed by atoms with Crippen LogP contribution in [0.5, 0.6) is 5.75 Å². The van der Waals surface area contributed by atoms with E-state index in [1.165, 1.54) is 0 Å². The second-order valence-corrected chi connectivity index (χ2v) is 1.73. The average Bonchev–Trinajstić information content (AvgIpc) is 1.77. The zero-order chi connectivity index (χ0) is 5.98. The Hall–Kier alpha value is 0.189. The summed E-state index contributed by atoms with van der Waals surface area (Å²) in [7, 11) is 0. The first-order valence-electron chi connectivity index (χ1n) is 2.46. The van der Waals surface area contributed by atoms with Gasteiger partial charge in [-0.25, -0.2) is 0 Å². The number of aryl methyl sites for hydroxylation is 1. The number of hydrogen-bond acceptors (Lipinski definition) is 1. The van der Waals surface area contributed by atoms with Gasteiger partial charge in [-0.1, -0.05) is 6.92 Å². The van der Waals surface area contributed by atoms with Gasteiger partial charge < -0.3 is 5.11 Å². The van der Waals surface area contributed by atoms with E-state index in [1.807, 2.05) is 13.0 Å². The van der Waals surface area contributed by atoms with Crippen molar-refractivity contribution in [2.75, 3.05) is 0 Å². The van der Waals surface area contributed by atoms with E-state index in [2.05, 4.69) is 6.07 Å². The van der Waals surface area contributed by atoms with Crippen LogP contribution in [0.1, 0.15) is 5.56 Å². The van der Waals surface area contributed by atoms with E-state index < -0.39 is 0 Å². The molecular weight excluding hydrogens is 200 g/mol. The van der Waals surface area contributed by atoms with Crippen LogP contribution >= 0.6 is 0 Å². The monoisotopic (exact) mass is 207 g/mol. The molecule has 10 heavy (non-hydrogen) atoms. The molecule has 0 bridgehead atoms. The van der Waals surface area contributed by atoms with Gasteiger partial charge in [-0.15, -0.1) is 12.1 Å². The summed E-state index contributed by atoms with van der Waals surface area (Å²) in [4.78, 5) is 0. The van der Waals surface area contributed by atoms with Crippen molar-refractivity contribution in [3.8, 4) is 5.75 Å². The molecule has 0 heterocycles. The predicted octanol–water partition coefficient (Wildman–Crippen LogP) is 1.12. The van der Waals surface area contributed by atoms with Crippen molar-refractivity contribution in [2.24, 2.45) is 0 Å². The van der Waals surface area contributed by atoms with Gasteiger partial charge in [0.1, 0.15) is 0 Å². The molecule has 4 radical (unpaired) electrons. The van der Waals surface area contributed by atoms with Crippen LogP contribution in [0.15, 0.2) is 18.2 Å². The Morgan fingerprint density at radius 2 is 2.00 bits per heavy atom. The van der Waals surface area contributed by atoms with E-state index in [9.17, 15) is 0 Å². The Kier molecular flexibility index (Phi) is 7.61. The summed E-state index contributed by atoms with van der Waals surface area (Å²) < 4.78 is 0. The van der Waals surface area contributed by atoms with Crippen LogP contribution in [-0.2, 0) is 32.7 Å². The number of aromatic hydroxyl groups is 1. The van der Waals surface area contributed by atoms with Gasteiger partial charge in [-0.2, -0.15) is 17.7 Å². The summed E-state index contributed by atoms with van der Waals surface area (Å²) >= 11 is 0. The molecule has 1 aromatic rings. The molecule has 1 rings (SSSR count). The van der Waals surface area contributed by atoms with E-state index in [0.29, 0.717) is 0 Å². The summed E-state index contributed by atoms with van der Waals surface area (Å²) in [6.07, 6.45) is 0.